The van der Waals surface area contributed by atoms with Crippen molar-refractivity contribution in [3.05, 3.63) is 91.6 Å². The van der Waals surface area contributed by atoms with E-state index in [1.54, 1.807) is 45.5 Å². The molecule has 6 saturated heterocycles. The number of H-pyrrole nitrogens is 3. The average Bonchev–Trinajstić information content (AvgIpc) is 1.68. The molecule has 39 nitrogen and oxygen atoms in total. The van der Waals surface area contributed by atoms with Crippen LogP contribution in [0.3, 0.4) is 0 Å². The minimum atomic E-state index is -1.53. The van der Waals surface area contributed by atoms with Crippen molar-refractivity contribution in [3.63, 3.8) is 0 Å². The summed E-state index contributed by atoms with van der Waals surface area (Å²) >= 11 is 0. The molecule has 8 aromatic heterocycles. The van der Waals surface area contributed by atoms with Gasteiger partial charge in [-0.3, -0.25) is 37.2 Å². The Morgan fingerprint density at radius 2 is 0.847 bits per heavy atom. The van der Waals surface area contributed by atoms with E-state index in [9.17, 15) is 59.6 Å². The fraction of sp³-hybridized carbons (Fsp3) is 0.646. The Balaban J connectivity index is 0.000000141. The number of imidazole rings is 5. The first-order valence-corrected chi connectivity index (χ1v) is 56.2. The number of aliphatic hydroxyl groups is 8. The highest BCUT2D eigenvalue weighted by molar-refractivity contribution is 7.73. The number of nitrogens with one attached hydrogen (secondary N) is 5. The van der Waals surface area contributed by atoms with Crippen LogP contribution in [0.15, 0.2) is 56.0 Å². The summed E-state index contributed by atoms with van der Waals surface area (Å²) in [4.78, 5) is 86.0. The number of amidine groups is 2. The van der Waals surface area contributed by atoms with Gasteiger partial charge in [0.25, 0.3) is 16.7 Å². The lowest BCUT2D eigenvalue weighted by Crippen LogP contribution is -2.43. The molecule has 17 N–H and O–H groups in total. The minimum absolute atomic E-state index is 0.174. The fourth-order valence-corrected chi connectivity index (χ4v) is 21.1. The van der Waals surface area contributed by atoms with Crippen LogP contribution in [0.25, 0.3) is 33.5 Å². The molecule has 6 fully saturated rings. The van der Waals surface area contributed by atoms with Crippen molar-refractivity contribution in [2.24, 2.45) is 21.5 Å². The molecule has 0 aliphatic carbocycles. The Bertz CT molecular complexity index is 5620. The highest BCUT2D eigenvalue weighted by Gasteiger charge is 2.62. The molecular formula is C79H126FN22O17P5. The number of rotatable bonds is 20. The molecule has 0 spiro atoms. The van der Waals surface area contributed by atoms with Crippen molar-refractivity contribution < 1.29 is 73.7 Å². The number of aromatic amines is 3. The van der Waals surface area contributed by atoms with Crippen molar-refractivity contribution in [2.45, 2.75) is 221 Å². The van der Waals surface area contributed by atoms with Gasteiger partial charge in [-0.1, -0.05) is 0 Å². The average molecular weight is 1830 g/mol. The van der Waals surface area contributed by atoms with Gasteiger partial charge in [0.2, 0.25) is 0 Å². The number of hydrogen-bond donors (Lipinski definition) is 15. The van der Waals surface area contributed by atoms with Gasteiger partial charge in [0.05, 0.1) is 62.2 Å². The molecule has 0 radical (unpaired) electrons. The predicted octanol–water partition coefficient (Wildman–Crippen LogP) is 3.80. The van der Waals surface area contributed by atoms with Crippen molar-refractivity contribution in [1.82, 2.24) is 77.7 Å². The smallest absolute Gasteiger partial charge is 0.279 e. The number of anilines is 2. The zero-order chi connectivity index (χ0) is 91.3. The Hall–Kier alpha value is -6.80. The zero-order valence-electron chi connectivity index (χ0n) is 73.8. The summed E-state index contributed by atoms with van der Waals surface area (Å²) in [6.45, 7) is 28.9. The van der Waals surface area contributed by atoms with Gasteiger partial charge in [-0.25, -0.2) is 54.2 Å². The molecule has 8 aliphatic rings. The number of ether oxygens (including phenoxy) is 6. The summed E-state index contributed by atoms with van der Waals surface area (Å²) in [5.74, 6) is 4.01. The van der Waals surface area contributed by atoms with E-state index >= 15 is 0 Å². The largest absolute Gasteiger partial charge is 0.387 e. The quantitative estimate of drug-likeness (QED) is 0.0482. The Labute approximate surface area is 718 Å². The second-order valence-electron chi connectivity index (χ2n) is 37.9. The Kier molecular flexibility index (Phi) is 27.9. The summed E-state index contributed by atoms with van der Waals surface area (Å²) in [5.41, 5.74) is 9.04. The summed E-state index contributed by atoms with van der Waals surface area (Å²) in [5, 5.41) is 91.2. The van der Waals surface area contributed by atoms with Gasteiger partial charge < -0.3 is 106 Å². The van der Waals surface area contributed by atoms with Crippen molar-refractivity contribution in [3.8, 4) is 0 Å². The maximum Gasteiger partial charge on any atom is 0.279 e. The summed E-state index contributed by atoms with van der Waals surface area (Å²) in [7, 11) is 0. The molecule has 2 bridgehead atoms. The molecule has 8 aliphatic heterocycles. The second kappa shape index (κ2) is 35.9. The number of aliphatic imine (C=N–C) groups is 2. The lowest BCUT2D eigenvalue weighted by molar-refractivity contribution is -0.173. The Morgan fingerprint density at radius 3 is 1.26 bits per heavy atom. The standard InChI is InChI=1S/C16H26N5O3P.3C16H25N4O4P.C15H25FN5O2P/c1-9-19-13(17)10-14(20-9)21(8-18-10)15-11-12(22)16(24-15,7-23-11)5-6-25(2,3)4;1-9-18-13-10(14(23)19-9)17-8-20(13)15-11(21)12(22)16(2,24-15)6-7-25(3,4)5;2*1-9-18-13-11(14(22)19-9)17-8-20(13)15-16(2,23)12(21)10(24-15)6-7-25(3,4)5;1-8-19-13(17)11-14(20-8)21(7-18-11)15-10(16)12(22)9(23-15)5-6-24(2,3)4/h8,11-13,15,22H,2,5-7,17H2,1,3-4H3,(H,19,20);8,11-12,15,21-22H,3,6-7H2,1-2,4-5H3,(H,18,19,23);2*8,10,12,15,21,23H,3,6-7H2,1-2,4-5H3,(H,18,19,22);7,9-10,12-13,15,22H,2,5-6,17H2,1,3-4H3,(H,19,20)/t11-,12+,13?,15-,16+;11-,12+,15-,16-;10-,12-,15-,16+;10-,12-,15-,16-;9-,10-,12-,13?,15-/m11111/s1. The van der Waals surface area contributed by atoms with Gasteiger partial charge in [0.15, 0.2) is 70.8 Å². The minimum Gasteiger partial charge on any atom is -0.387 e. The van der Waals surface area contributed by atoms with Crippen LogP contribution in [0.4, 0.5) is 16.0 Å². The molecule has 16 heterocycles. The summed E-state index contributed by atoms with van der Waals surface area (Å²) in [6, 6.07) is 0. The van der Waals surface area contributed by atoms with Crippen molar-refractivity contribution in [1.29, 1.82) is 0 Å². The molecule has 0 amide bonds. The van der Waals surface area contributed by atoms with Crippen LogP contribution in [0.1, 0.15) is 139 Å². The SMILES string of the molecule is C=P(C)(C)CC[C@@]1(C)O[C@@H](n2cnc3c(=O)[nH]c(C)nc32)[C@H](O)[C@@H]1O.C=P(C)(C)CC[C@@]12CO[C@@H]([C@H](n3cnc4c3NC(C)=NC4N)O1)[C@@H]2O.C=P(C)(C)CC[C@H]1O[C@@H](n2cnc3c(=O)[nH]c(C)nc32)[C@@](C)(O)[C@@H]1O.C=P(C)(C)CC[C@H]1O[C@@H](n2cnc3c(=O)[nH]c(C)nc32)[C@](C)(O)[C@@H]1O.C=P(C)(C)CC[C@H]1O[C@@H](n2cnc3c2NC(C)=NC3N)[C@H](F)[C@@H]1O. The number of aryl methyl sites for hydroxylation is 3. The highest BCUT2D eigenvalue weighted by Crippen LogP contribution is 2.53. The van der Waals surface area contributed by atoms with Crippen molar-refractivity contribution in [2.75, 3.05) is 115 Å². The van der Waals surface area contributed by atoms with Crippen LogP contribution in [-0.2, 0) is 28.4 Å². The van der Waals surface area contributed by atoms with E-state index in [-0.39, 0.29) is 33.2 Å². The van der Waals surface area contributed by atoms with Gasteiger partial charge in [-0.2, -0.15) is 0 Å². The van der Waals surface area contributed by atoms with Gasteiger partial charge in [0.1, 0.15) is 124 Å². The third-order valence-electron chi connectivity index (χ3n) is 23.3. The normalized spacial score (nSPS) is 32.1. The van der Waals surface area contributed by atoms with Crippen LogP contribution in [0, 0.1) is 20.8 Å². The van der Waals surface area contributed by atoms with Gasteiger partial charge in [-0.05, 0) is 185 Å². The van der Waals surface area contributed by atoms with Gasteiger partial charge in [-0.15, -0.1) is 65.9 Å². The third kappa shape index (κ3) is 20.6. The molecule has 0 saturated carbocycles. The molecule has 8 aromatic rings. The van der Waals surface area contributed by atoms with Gasteiger partial charge >= 0.3 is 0 Å². The van der Waals surface area contributed by atoms with E-state index in [2.05, 4.69) is 174 Å². The summed E-state index contributed by atoms with van der Waals surface area (Å²) < 4.78 is 58.7. The lowest BCUT2D eigenvalue weighted by atomic mass is 9.95. The number of fused-ring (bicyclic) bond motifs is 7. The predicted molar refractivity (Wildman–Crippen MR) is 492 cm³/mol. The highest BCUT2D eigenvalue weighted by atomic mass is 31.2. The van der Waals surface area contributed by atoms with Crippen LogP contribution in [0.2, 0.25) is 0 Å². The first kappa shape index (κ1) is 96.3. The lowest BCUT2D eigenvalue weighted by Gasteiger charge is -2.33. The van der Waals surface area contributed by atoms with Gasteiger partial charge in [0, 0.05) is 0 Å². The number of nitrogens with zero attached hydrogens (tertiary/aromatic N) is 15. The van der Waals surface area contributed by atoms with Crippen LogP contribution in [0.5, 0.6) is 0 Å². The van der Waals surface area contributed by atoms with Crippen molar-refractivity contribution >= 4 is 123 Å². The number of aromatic nitrogens is 16. The second-order valence-corrected chi connectivity index (χ2v) is 59.5. The molecular weight excluding hydrogens is 1700 g/mol. The summed E-state index contributed by atoms with van der Waals surface area (Å²) in [6.07, 6.45) is 21.1. The first-order chi connectivity index (χ1) is 57.4. The van der Waals surface area contributed by atoms with Crippen LogP contribution >= 0.6 is 34.4 Å². The number of halogens is 1. The molecule has 45 heteroatoms. The Morgan fingerprint density at radius 1 is 0.476 bits per heavy atom. The van der Waals surface area contributed by atoms with E-state index < -0.39 is 168 Å². The van der Waals surface area contributed by atoms with E-state index in [0.29, 0.717) is 89.7 Å². The third-order valence-corrected chi connectivity index (χ3v) is 30.6. The number of hydrogen-bond acceptors (Lipinski definition) is 31. The molecule has 0 aromatic carbocycles. The van der Waals surface area contributed by atoms with E-state index in [1.165, 1.54) is 52.9 Å². The number of aliphatic hydroxyl groups excluding tert-OH is 6. The molecule has 22 atom stereocenters. The monoisotopic (exact) mass is 1830 g/mol. The van der Waals surface area contributed by atoms with E-state index in [4.69, 9.17) is 39.9 Å². The number of nitrogens with two attached hydrogens (primary N) is 2. The molecule has 2 unspecified atom stereocenters. The van der Waals surface area contributed by atoms with E-state index in [0.717, 1.165) is 48.9 Å². The molecule has 686 valence electrons. The van der Waals surface area contributed by atoms with Crippen LogP contribution < -0.4 is 38.8 Å². The maximum absolute atomic E-state index is 14.7. The first-order valence-electron chi connectivity index (χ1n) is 41.0. The fourth-order valence-electron chi connectivity index (χ4n) is 16.2. The molecule has 16 rings (SSSR count). The topological polar surface area (TPSA) is 544 Å². The molecule has 124 heavy (non-hydrogen) atoms. The maximum atomic E-state index is 14.7. The number of alkyl halides is 1. The van der Waals surface area contributed by atoms with E-state index in [1.807, 2.05) is 11.5 Å². The van der Waals surface area contributed by atoms with Crippen LogP contribution in [-0.4, -0.2) is 355 Å². The zero-order valence-corrected chi connectivity index (χ0v) is 78.3.